The molecular weight excluding hydrogens is 267 g/mol. The largest absolute Gasteiger partial charge is 0.160 e. The SMILES string of the molecule is FSc1ccccc1.c1ccc(-c2ccccc2)cc1. The molecule has 0 saturated heterocycles. The molecule has 0 nitrogen and oxygen atoms in total. The molecule has 100 valence electrons. The highest BCUT2D eigenvalue weighted by molar-refractivity contribution is 7.94. The third-order valence-electron chi connectivity index (χ3n) is 2.71. The van der Waals surface area contributed by atoms with Gasteiger partial charge in [0.1, 0.15) is 0 Å². The molecule has 2 heteroatoms. The van der Waals surface area contributed by atoms with Crippen molar-refractivity contribution in [2.75, 3.05) is 0 Å². The number of hydrogen-bond donors (Lipinski definition) is 0. The zero-order valence-corrected chi connectivity index (χ0v) is 11.8. The summed E-state index contributed by atoms with van der Waals surface area (Å²) in [6, 6.07) is 29.7. The Kier molecular flexibility index (Phi) is 5.87. The number of benzene rings is 3. The van der Waals surface area contributed by atoms with Gasteiger partial charge in [-0.1, -0.05) is 78.9 Å². The van der Waals surface area contributed by atoms with Gasteiger partial charge in [-0.3, -0.25) is 0 Å². The first-order valence-electron chi connectivity index (χ1n) is 6.34. The zero-order chi connectivity index (χ0) is 14.0. The van der Waals surface area contributed by atoms with E-state index in [1.165, 1.54) is 11.1 Å². The van der Waals surface area contributed by atoms with Gasteiger partial charge in [-0.2, -0.15) is 3.89 Å². The fourth-order valence-electron chi connectivity index (χ4n) is 1.73. The molecule has 3 rings (SSSR count). The lowest BCUT2D eigenvalue weighted by Gasteiger charge is -1.98. The van der Waals surface area contributed by atoms with E-state index in [1.807, 2.05) is 30.3 Å². The van der Waals surface area contributed by atoms with E-state index in [4.69, 9.17) is 0 Å². The second kappa shape index (κ2) is 8.18. The minimum absolute atomic E-state index is 0.269. The molecule has 0 amide bonds. The molecule has 0 radical (unpaired) electrons. The Labute approximate surface area is 123 Å². The van der Waals surface area contributed by atoms with Crippen LogP contribution in [0.25, 0.3) is 11.1 Å². The highest BCUT2D eigenvalue weighted by Crippen LogP contribution is 2.17. The molecule has 0 heterocycles. The van der Waals surface area contributed by atoms with Crippen molar-refractivity contribution in [3.8, 4) is 11.1 Å². The number of rotatable bonds is 2. The van der Waals surface area contributed by atoms with Crippen molar-refractivity contribution in [2.45, 2.75) is 4.90 Å². The maximum atomic E-state index is 11.6. The average molecular weight is 282 g/mol. The first-order chi connectivity index (χ1) is 9.90. The Morgan fingerprint density at radius 3 is 1.15 bits per heavy atom. The van der Waals surface area contributed by atoms with E-state index in [2.05, 4.69) is 48.5 Å². The maximum Gasteiger partial charge on any atom is 0.0812 e. The van der Waals surface area contributed by atoms with Gasteiger partial charge in [0, 0.05) is 4.90 Å². The van der Waals surface area contributed by atoms with Gasteiger partial charge >= 0.3 is 0 Å². The maximum absolute atomic E-state index is 11.6. The molecule has 0 N–H and O–H groups in total. The summed E-state index contributed by atoms with van der Waals surface area (Å²) in [4.78, 5) is 0.660. The summed E-state index contributed by atoms with van der Waals surface area (Å²) in [7, 11) is 0. The van der Waals surface area contributed by atoms with E-state index in [-0.39, 0.29) is 12.1 Å². The van der Waals surface area contributed by atoms with Gasteiger partial charge in [0.05, 0.1) is 12.1 Å². The summed E-state index contributed by atoms with van der Waals surface area (Å²) in [6.07, 6.45) is 0. The van der Waals surface area contributed by atoms with Gasteiger partial charge in [-0.05, 0) is 23.3 Å². The second-order valence-corrected chi connectivity index (χ2v) is 4.75. The van der Waals surface area contributed by atoms with Crippen LogP contribution >= 0.6 is 12.1 Å². The lowest BCUT2D eigenvalue weighted by molar-refractivity contribution is 0.934. The van der Waals surface area contributed by atoms with Crippen molar-refractivity contribution in [1.29, 1.82) is 0 Å². The quantitative estimate of drug-likeness (QED) is 0.554. The predicted octanol–water partition coefficient (Wildman–Crippen LogP) is 6.02. The summed E-state index contributed by atoms with van der Waals surface area (Å²) in [6.45, 7) is 0. The summed E-state index contributed by atoms with van der Waals surface area (Å²) in [5.41, 5.74) is 2.55. The van der Waals surface area contributed by atoms with Crippen LogP contribution in [0.3, 0.4) is 0 Å². The molecule has 0 bridgehead atoms. The molecule has 20 heavy (non-hydrogen) atoms. The second-order valence-electron chi connectivity index (χ2n) is 4.12. The molecule has 0 aliphatic heterocycles. The Hall–Kier alpha value is -2.06. The topological polar surface area (TPSA) is 0 Å². The first kappa shape index (κ1) is 14.4. The fourth-order valence-corrected chi connectivity index (χ4v) is 1.99. The molecule has 3 aromatic carbocycles. The Bertz CT molecular complexity index is 557. The van der Waals surface area contributed by atoms with Crippen LogP contribution in [0.2, 0.25) is 0 Å². The normalized spacial score (nSPS) is 9.45. The van der Waals surface area contributed by atoms with Crippen molar-refractivity contribution in [3.05, 3.63) is 91.0 Å². The van der Waals surface area contributed by atoms with Gasteiger partial charge in [-0.25, -0.2) is 0 Å². The highest BCUT2D eigenvalue weighted by atomic mass is 32.2. The van der Waals surface area contributed by atoms with E-state index in [1.54, 1.807) is 12.1 Å². The van der Waals surface area contributed by atoms with Gasteiger partial charge in [0.25, 0.3) is 0 Å². The highest BCUT2D eigenvalue weighted by Gasteiger charge is 1.91. The average Bonchev–Trinajstić information content (AvgIpc) is 2.58. The van der Waals surface area contributed by atoms with Crippen LogP contribution < -0.4 is 0 Å². The molecule has 0 fully saturated rings. The molecule has 0 unspecified atom stereocenters. The van der Waals surface area contributed by atoms with Crippen molar-refractivity contribution >= 4 is 12.1 Å². The molecule has 0 aliphatic rings. The Morgan fingerprint density at radius 1 is 0.500 bits per heavy atom. The van der Waals surface area contributed by atoms with Crippen molar-refractivity contribution in [3.63, 3.8) is 0 Å². The smallest absolute Gasteiger partial charge is 0.0812 e. The minimum atomic E-state index is 0.269. The predicted molar refractivity (Wildman–Crippen MR) is 85.3 cm³/mol. The van der Waals surface area contributed by atoms with Crippen LogP contribution in [0.4, 0.5) is 3.89 Å². The van der Waals surface area contributed by atoms with Crippen molar-refractivity contribution in [1.82, 2.24) is 0 Å². The minimum Gasteiger partial charge on any atom is -0.160 e. The Balaban J connectivity index is 0.000000160. The van der Waals surface area contributed by atoms with Gasteiger partial charge < -0.3 is 0 Å². The Morgan fingerprint density at radius 2 is 0.850 bits per heavy atom. The summed E-state index contributed by atoms with van der Waals surface area (Å²) < 4.78 is 11.6. The lowest BCUT2D eigenvalue weighted by atomic mass is 10.1. The van der Waals surface area contributed by atoms with E-state index in [9.17, 15) is 3.89 Å². The fraction of sp³-hybridized carbons (Fsp3) is 0. The van der Waals surface area contributed by atoms with Crippen LogP contribution in [0.5, 0.6) is 0 Å². The van der Waals surface area contributed by atoms with E-state index in [0.29, 0.717) is 4.90 Å². The van der Waals surface area contributed by atoms with Crippen LogP contribution in [0.1, 0.15) is 0 Å². The van der Waals surface area contributed by atoms with Crippen LogP contribution in [-0.4, -0.2) is 0 Å². The van der Waals surface area contributed by atoms with Crippen molar-refractivity contribution in [2.24, 2.45) is 0 Å². The summed E-state index contributed by atoms with van der Waals surface area (Å²) in [5.74, 6) is 0. The van der Waals surface area contributed by atoms with Gasteiger partial charge in [0.15, 0.2) is 0 Å². The molecule has 0 aliphatic carbocycles. The van der Waals surface area contributed by atoms with Crippen LogP contribution in [0.15, 0.2) is 95.9 Å². The lowest BCUT2D eigenvalue weighted by Crippen LogP contribution is -1.73. The van der Waals surface area contributed by atoms with Gasteiger partial charge in [0.2, 0.25) is 0 Å². The number of halogens is 1. The van der Waals surface area contributed by atoms with E-state index < -0.39 is 0 Å². The summed E-state index contributed by atoms with van der Waals surface area (Å²) in [5, 5.41) is 0. The molecule has 0 spiro atoms. The molecule has 3 aromatic rings. The first-order valence-corrected chi connectivity index (χ1v) is 7.06. The number of hydrogen-bond acceptors (Lipinski definition) is 1. The molecule has 0 atom stereocenters. The molecule has 0 saturated carbocycles. The van der Waals surface area contributed by atoms with E-state index in [0.717, 1.165) is 0 Å². The van der Waals surface area contributed by atoms with E-state index >= 15 is 0 Å². The zero-order valence-electron chi connectivity index (χ0n) is 10.9. The van der Waals surface area contributed by atoms with Crippen LogP contribution in [-0.2, 0) is 0 Å². The third-order valence-corrected chi connectivity index (χ3v) is 3.16. The van der Waals surface area contributed by atoms with Crippen LogP contribution in [0, 0.1) is 0 Å². The monoisotopic (exact) mass is 282 g/mol. The van der Waals surface area contributed by atoms with Crippen molar-refractivity contribution < 1.29 is 3.89 Å². The molecular formula is C18H15FS. The molecule has 0 aromatic heterocycles. The standard InChI is InChI=1S/C12H10.C6H5FS/c1-3-7-11(8-4-1)12-9-5-2-6-10-12;7-8-6-4-2-1-3-5-6/h1-10H;1-5H. The van der Waals surface area contributed by atoms with Gasteiger partial charge in [-0.15, -0.1) is 0 Å². The third kappa shape index (κ3) is 4.56. The summed E-state index contributed by atoms with van der Waals surface area (Å²) >= 11 is 0.269.